The van der Waals surface area contributed by atoms with Crippen LogP contribution in [0.15, 0.2) is 0 Å². The second kappa shape index (κ2) is 4.40. The van der Waals surface area contributed by atoms with Crippen molar-refractivity contribution in [3.8, 4) is 0 Å². The molecule has 0 aromatic heterocycles. The van der Waals surface area contributed by atoms with Crippen LogP contribution in [0.1, 0.15) is 38.5 Å². The number of hydrogen-bond acceptors (Lipinski definition) is 3. The maximum atomic E-state index is 13.1. The highest BCUT2D eigenvalue weighted by Crippen LogP contribution is 2.60. The van der Waals surface area contributed by atoms with E-state index in [0.29, 0.717) is 17.8 Å². The molecule has 4 fully saturated rings. The third kappa shape index (κ3) is 2.37. The van der Waals surface area contributed by atoms with Crippen LogP contribution < -0.4 is 5.73 Å². The van der Waals surface area contributed by atoms with E-state index in [9.17, 15) is 13.6 Å². The van der Waals surface area contributed by atoms with Gasteiger partial charge < -0.3 is 10.5 Å². The largest absolute Gasteiger partial charge is 0.459 e. The van der Waals surface area contributed by atoms with Gasteiger partial charge >= 0.3 is 5.97 Å². The number of esters is 1. The van der Waals surface area contributed by atoms with Crippen LogP contribution in [0.5, 0.6) is 0 Å². The summed E-state index contributed by atoms with van der Waals surface area (Å²) in [5, 5.41) is 0. The maximum absolute atomic E-state index is 13.1. The molecule has 4 saturated carbocycles. The first-order chi connectivity index (χ1) is 8.92. The standard InChI is InChI=1S/C14H21F2NO2/c15-14(16,7-17)8-19-12(18)13-4-9-1-10(5-13)3-11(2-9)6-13/h9-11H,1-8,17H2. The highest BCUT2D eigenvalue weighted by Gasteiger charge is 2.55. The van der Waals surface area contributed by atoms with Gasteiger partial charge in [-0.1, -0.05) is 0 Å². The van der Waals surface area contributed by atoms with E-state index in [1.165, 1.54) is 19.3 Å². The number of nitrogens with two attached hydrogens (primary N) is 1. The van der Waals surface area contributed by atoms with Crippen LogP contribution in [0.25, 0.3) is 0 Å². The van der Waals surface area contributed by atoms with Crippen molar-refractivity contribution in [2.24, 2.45) is 28.9 Å². The second-order valence-corrected chi connectivity index (χ2v) is 6.83. The zero-order valence-electron chi connectivity index (χ0n) is 11.0. The summed E-state index contributed by atoms with van der Waals surface area (Å²) < 4.78 is 31.1. The van der Waals surface area contributed by atoms with Crippen LogP contribution >= 0.6 is 0 Å². The van der Waals surface area contributed by atoms with Crippen LogP contribution in [0.4, 0.5) is 8.78 Å². The Bertz CT molecular complexity index is 348. The van der Waals surface area contributed by atoms with E-state index >= 15 is 0 Å². The molecule has 0 atom stereocenters. The fraction of sp³-hybridized carbons (Fsp3) is 0.929. The molecule has 4 aliphatic carbocycles. The average molecular weight is 273 g/mol. The van der Waals surface area contributed by atoms with Gasteiger partial charge in [-0.25, -0.2) is 8.78 Å². The molecule has 0 amide bonds. The normalized spacial score (nSPS) is 40.5. The summed E-state index contributed by atoms with van der Waals surface area (Å²) >= 11 is 0. The minimum Gasteiger partial charge on any atom is -0.459 e. The predicted octanol–water partition coefficient (Wildman–Crippen LogP) is 2.34. The lowest BCUT2D eigenvalue weighted by atomic mass is 9.49. The third-order valence-electron chi connectivity index (χ3n) is 5.18. The van der Waals surface area contributed by atoms with Gasteiger partial charge in [0.05, 0.1) is 12.0 Å². The highest BCUT2D eigenvalue weighted by molar-refractivity contribution is 5.77. The fourth-order valence-corrected chi connectivity index (χ4v) is 4.74. The number of ether oxygens (including phenoxy) is 1. The van der Waals surface area contributed by atoms with Gasteiger partial charge in [0.1, 0.15) is 0 Å². The van der Waals surface area contributed by atoms with E-state index in [0.717, 1.165) is 19.3 Å². The zero-order chi connectivity index (χ0) is 13.7. The smallest absolute Gasteiger partial charge is 0.312 e. The van der Waals surface area contributed by atoms with Crippen LogP contribution in [0, 0.1) is 23.2 Å². The van der Waals surface area contributed by atoms with Crippen molar-refractivity contribution >= 4 is 5.97 Å². The maximum Gasteiger partial charge on any atom is 0.312 e. The van der Waals surface area contributed by atoms with Crippen LogP contribution in [0.2, 0.25) is 0 Å². The highest BCUT2D eigenvalue weighted by atomic mass is 19.3. The van der Waals surface area contributed by atoms with E-state index in [1.807, 2.05) is 0 Å². The SMILES string of the molecule is NCC(F)(F)COC(=O)C12CC3CC(CC(C3)C1)C2. The molecule has 0 aromatic rings. The van der Waals surface area contributed by atoms with E-state index < -0.39 is 30.5 Å². The molecule has 0 aromatic carbocycles. The number of rotatable bonds is 4. The fourth-order valence-electron chi connectivity index (χ4n) is 4.74. The summed E-state index contributed by atoms with van der Waals surface area (Å²) in [4.78, 5) is 12.3. The van der Waals surface area contributed by atoms with Gasteiger partial charge in [-0.15, -0.1) is 0 Å². The van der Waals surface area contributed by atoms with Crippen molar-refractivity contribution in [2.75, 3.05) is 13.2 Å². The molecule has 2 N–H and O–H groups in total. The van der Waals surface area contributed by atoms with Gasteiger partial charge in [0.15, 0.2) is 6.61 Å². The van der Waals surface area contributed by atoms with Gasteiger partial charge in [0, 0.05) is 0 Å². The van der Waals surface area contributed by atoms with Crippen LogP contribution in [-0.4, -0.2) is 25.0 Å². The molecule has 0 aliphatic heterocycles. The molecular formula is C14H21F2NO2. The lowest BCUT2D eigenvalue weighted by Gasteiger charge is -2.55. The van der Waals surface area contributed by atoms with E-state index in [1.54, 1.807) is 0 Å². The minimum absolute atomic E-state index is 0.403. The summed E-state index contributed by atoms with van der Waals surface area (Å²) in [6.45, 7) is -1.65. The van der Waals surface area contributed by atoms with Crippen molar-refractivity contribution in [1.29, 1.82) is 0 Å². The summed E-state index contributed by atoms with van der Waals surface area (Å²) in [6, 6.07) is 0. The monoisotopic (exact) mass is 273 g/mol. The number of carbonyl (C=O) groups is 1. The Kier molecular flexibility index (Phi) is 3.08. The Balaban J connectivity index is 1.66. The zero-order valence-corrected chi connectivity index (χ0v) is 11.0. The first-order valence-corrected chi connectivity index (χ1v) is 7.18. The van der Waals surface area contributed by atoms with E-state index in [4.69, 9.17) is 10.5 Å². The molecule has 3 nitrogen and oxygen atoms in total. The van der Waals surface area contributed by atoms with Gasteiger partial charge in [-0.05, 0) is 56.3 Å². The Labute approximate surface area is 111 Å². The molecule has 108 valence electrons. The Morgan fingerprint density at radius 2 is 1.63 bits per heavy atom. The van der Waals surface area contributed by atoms with Gasteiger partial charge in [0.2, 0.25) is 0 Å². The van der Waals surface area contributed by atoms with Crippen LogP contribution in [0.3, 0.4) is 0 Å². The average Bonchev–Trinajstić information content (AvgIpc) is 2.34. The second-order valence-electron chi connectivity index (χ2n) is 6.83. The van der Waals surface area contributed by atoms with Crippen molar-refractivity contribution in [3.05, 3.63) is 0 Å². The lowest BCUT2D eigenvalue weighted by molar-refractivity contribution is -0.180. The Morgan fingerprint density at radius 1 is 1.16 bits per heavy atom. The molecule has 0 heterocycles. The summed E-state index contributed by atoms with van der Waals surface area (Å²) in [6.07, 6.45) is 6.16. The first kappa shape index (κ1) is 13.3. The van der Waals surface area contributed by atoms with Crippen molar-refractivity contribution in [2.45, 2.75) is 44.4 Å². The van der Waals surface area contributed by atoms with Crippen molar-refractivity contribution < 1.29 is 18.3 Å². The summed E-state index contributed by atoms with van der Waals surface area (Å²) in [5.74, 6) is -1.69. The van der Waals surface area contributed by atoms with Gasteiger partial charge in [0.25, 0.3) is 5.92 Å². The molecule has 0 radical (unpaired) electrons. The first-order valence-electron chi connectivity index (χ1n) is 7.18. The summed E-state index contributed by atoms with van der Waals surface area (Å²) in [5.41, 5.74) is 4.50. The minimum atomic E-state index is -3.10. The summed E-state index contributed by atoms with van der Waals surface area (Å²) in [7, 11) is 0. The number of carbonyl (C=O) groups excluding carboxylic acids is 1. The van der Waals surface area contributed by atoms with Crippen molar-refractivity contribution in [1.82, 2.24) is 0 Å². The van der Waals surface area contributed by atoms with Gasteiger partial charge in [-0.2, -0.15) is 0 Å². The molecule has 0 saturated heterocycles. The molecule has 0 spiro atoms. The Hall–Kier alpha value is -0.710. The molecule has 19 heavy (non-hydrogen) atoms. The van der Waals surface area contributed by atoms with Gasteiger partial charge in [-0.3, -0.25) is 4.79 Å². The molecular weight excluding hydrogens is 252 g/mol. The van der Waals surface area contributed by atoms with E-state index in [-0.39, 0.29) is 0 Å². The molecule has 5 heteroatoms. The van der Waals surface area contributed by atoms with Crippen molar-refractivity contribution in [3.63, 3.8) is 0 Å². The molecule has 4 bridgehead atoms. The lowest BCUT2D eigenvalue weighted by Crippen LogP contribution is -2.51. The van der Waals surface area contributed by atoms with E-state index in [2.05, 4.69) is 0 Å². The number of alkyl halides is 2. The third-order valence-corrected chi connectivity index (χ3v) is 5.18. The quantitative estimate of drug-likeness (QED) is 0.800. The molecule has 4 rings (SSSR count). The Morgan fingerprint density at radius 3 is 2.05 bits per heavy atom. The number of hydrogen-bond donors (Lipinski definition) is 1. The molecule has 4 aliphatic rings. The number of halogens is 2. The van der Waals surface area contributed by atoms with Crippen LogP contribution in [-0.2, 0) is 9.53 Å². The topological polar surface area (TPSA) is 52.3 Å². The molecule has 0 unspecified atom stereocenters. The predicted molar refractivity (Wildman–Crippen MR) is 65.6 cm³/mol.